The molecule has 4 aliphatic rings. The van der Waals surface area contributed by atoms with Gasteiger partial charge in [-0.2, -0.15) is 0 Å². The van der Waals surface area contributed by atoms with E-state index < -0.39 is 5.97 Å². The molecule has 0 aliphatic heterocycles. The Morgan fingerprint density at radius 1 is 1.18 bits per heavy atom. The smallest absolute Gasteiger partial charge is 0.303 e. The van der Waals surface area contributed by atoms with Gasteiger partial charge in [0.05, 0.1) is 0 Å². The normalized spacial score (nSPS) is 38.5. The van der Waals surface area contributed by atoms with Crippen LogP contribution in [0.4, 0.5) is 0 Å². The number of allylic oxidation sites excluding steroid dienone is 2. The fraction of sp³-hybridized carbons (Fsp3) is 0.840. The average molecular weight is 387 g/mol. The van der Waals surface area contributed by atoms with Crippen LogP contribution in [0.5, 0.6) is 0 Å². The Morgan fingerprint density at radius 2 is 1.96 bits per heavy atom. The second kappa shape index (κ2) is 7.61. The zero-order chi connectivity index (χ0) is 19.9. The van der Waals surface area contributed by atoms with Crippen LogP contribution in [0, 0.1) is 34.5 Å². The molecule has 0 amide bonds. The lowest BCUT2D eigenvalue weighted by molar-refractivity contribution is -0.137. The van der Waals surface area contributed by atoms with E-state index in [4.69, 9.17) is 5.11 Å². The van der Waals surface area contributed by atoms with Crippen LogP contribution >= 0.6 is 0 Å². The van der Waals surface area contributed by atoms with Crippen molar-refractivity contribution in [2.45, 2.75) is 97.3 Å². The van der Waals surface area contributed by atoms with Crippen molar-refractivity contribution in [3.05, 3.63) is 11.6 Å². The fourth-order valence-corrected chi connectivity index (χ4v) is 7.76. The lowest BCUT2D eigenvalue weighted by atomic mass is 9.47. The van der Waals surface area contributed by atoms with Gasteiger partial charge in [-0.05, 0) is 98.4 Å². The van der Waals surface area contributed by atoms with E-state index in [1.54, 1.807) is 5.57 Å². The lowest BCUT2D eigenvalue weighted by Gasteiger charge is -2.58. The number of aliphatic carboxylic acids is 1. The first-order valence-electron chi connectivity index (χ1n) is 11.9. The molecule has 0 aromatic heterocycles. The Balaban J connectivity index is 1.62. The Hall–Kier alpha value is -1.12. The summed E-state index contributed by atoms with van der Waals surface area (Å²) in [6.07, 6.45) is 16.3. The van der Waals surface area contributed by atoms with E-state index >= 15 is 0 Å². The Bertz CT molecular complexity index is 659. The van der Waals surface area contributed by atoms with Gasteiger partial charge in [0, 0.05) is 12.8 Å². The number of rotatable bonds is 7. The molecular formula is C25H38O3. The van der Waals surface area contributed by atoms with Crippen LogP contribution in [0.1, 0.15) is 97.3 Å². The Labute approximate surface area is 170 Å². The molecule has 3 fully saturated rings. The molecule has 3 nitrogen and oxygen atoms in total. The molecule has 5 unspecified atom stereocenters. The maximum Gasteiger partial charge on any atom is 0.303 e. The maximum atomic E-state index is 12.2. The molecule has 156 valence electrons. The molecule has 4 aliphatic carbocycles. The van der Waals surface area contributed by atoms with Gasteiger partial charge in [-0.1, -0.05) is 32.3 Å². The van der Waals surface area contributed by atoms with Gasteiger partial charge in [-0.15, -0.1) is 0 Å². The summed E-state index contributed by atoms with van der Waals surface area (Å²) < 4.78 is 0. The van der Waals surface area contributed by atoms with Crippen molar-refractivity contribution in [1.82, 2.24) is 0 Å². The summed E-state index contributed by atoms with van der Waals surface area (Å²) in [5.41, 5.74) is 2.26. The van der Waals surface area contributed by atoms with Crippen LogP contribution in [-0.2, 0) is 9.59 Å². The molecule has 0 aromatic rings. The zero-order valence-corrected chi connectivity index (χ0v) is 17.8. The number of carbonyl (C=O) groups is 2. The molecule has 0 aromatic carbocycles. The molecule has 0 bridgehead atoms. The highest BCUT2D eigenvalue weighted by atomic mass is 16.4. The molecule has 28 heavy (non-hydrogen) atoms. The van der Waals surface area contributed by atoms with Crippen molar-refractivity contribution in [3.8, 4) is 0 Å². The minimum absolute atomic E-state index is 0.316. The molecule has 4 rings (SSSR count). The fourth-order valence-electron chi connectivity index (χ4n) is 7.76. The highest BCUT2D eigenvalue weighted by Crippen LogP contribution is 2.70. The van der Waals surface area contributed by atoms with E-state index in [0.717, 1.165) is 43.4 Å². The first kappa shape index (κ1) is 20.2. The molecule has 0 saturated heterocycles. The summed E-state index contributed by atoms with van der Waals surface area (Å²) in [7, 11) is 0. The van der Waals surface area contributed by atoms with Gasteiger partial charge >= 0.3 is 5.97 Å². The SMILES string of the molecule is CCCC1C2CC3(CC3)C3=CC(=O)CCC3C2CCC1(CC)CCCC(=O)O. The standard InChI is InChI=1S/C25H38O3/c1-3-6-21-20-16-25(13-14-25)22-15-17(26)8-9-19(22)18(20)10-12-24(21,4-2)11-5-7-23(27)28/h15,18-21H,3-14,16H2,1-2H3,(H,27,28). The molecule has 0 radical (unpaired) electrons. The first-order chi connectivity index (χ1) is 13.4. The molecule has 3 heteroatoms. The second-order valence-corrected chi connectivity index (χ2v) is 10.4. The zero-order valence-electron chi connectivity index (χ0n) is 17.8. The highest BCUT2D eigenvalue weighted by Gasteiger charge is 2.60. The molecule has 3 saturated carbocycles. The summed E-state index contributed by atoms with van der Waals surface area (Å²) in [6.45, 7) is 4.67. The van der Waals surface area contributed by atoms with Gasteiger partial charge < -0.3 is 5.11 Å². The molecule has 5 atom stereocenters. The summed E-state index contributed by atoms with van der Waals surface area (Å²) in [4.78, 5) is 23.3. The predicted octanol–water partition coefficient (Wildman–Crippen LogP) is 6.17. The number of hydrogen-bond acceptors (Lipinski definition) is 2. The van der Waals surface area contributed by atoms with Crippen molar-refractivity contribution in [3.63, 3.8) is 0 Å². The summed E-state index contributed by atoms with van der Waals surface area (Å²) >= 11 is 0. The quantitative estimate of drug-likeness (QED) is 0.569. The minimum Gasteiger partial charge on any atom is -0.481 e. The summed E-state index contributed by atoms with van der Waals surface area (Å²) in [5, 5.41) is 9.15. The van der Waals surface area contributed by atoms with Crippen molar-refractivity contribution in [1.29, 1.82) is 0 Å². The van der Waals surface area contributed by atoms with Crippen molar-refractivity contribution in [2.75, 3.05) is 0 Å². The number of carboxylic acid groups (broad SMARTS) is 1. The van der Waals surface area contributed by atoms with E-state index in [-0.39, 0.29) is 0 Å². The first-order valence-corrected chi connectivity index (χ1v) is 11.9. The van der Waals surface area contributed by atoms with Crippen molar-refractivity contribution < 1.29 is 14.7 Å². The molecular weight excluding hydrogens is 348 g/mol. The third kappa shape index (κ3) is 3.37. The van der Waals surface area contributed by atoms with E-state index in [1.165, 1.54) is 51.4 Å². The van der Waals surface area contributed by atoms with Crippen molar-refractivity contribution >= 4 is 11.8 Å². The van der Waals surface area contributed by atoms with Crippen LogP contribution < -0.4 is 0 Å². The largest absolute Gasteiger partial charge is 0.481 e. The van der Waals surface area contributed by atoms with Crippen LogP contribution in [0.2, 0.25) is 0 Å². The number of ketones is 1. The number of hydrogen-bond donors (Lipinski definition) is 1. The second-order valence-electron chi connectivity index (χ2n) is 10.4. The number of carbonyl (C=O) groups excluding carboxylic acids is 1. The molecule has 0 heterocycles. The Morgan fingerprint density at radius 3 is 2.61 bits per heavy atom. The molecule has 1 spiro atoms. The van der Waals surface area contributed by atoms with E-state index in [9.17, 15) is 9.59 Å². The van der Waals surface area contributed by atoms with Gasteiger partial charge in [0.25, 0.3) is 0 Å². The summed E-state index contributed by atoms with van der Waals surface area (Å²) in [5.74, 6) is 2.67. The van der Waals surface area contributed by atoms with Crippen LogP contribution in [0.25, 0.3) is 0 Å². The van der Waals surface area contributed by atoms with Gasteiger partial charge in [-0.3, -0.25) is 9.59 Å². The van der Waals surface area contributed by atoms with Crippen LogP contribution in [-0.4, -0.2) is 16.9 Å². The van der Waals surface area contributed by atoms with Crippen LogP contribution in [0.3, 0.4) is 0 Å². The number of fused-ring (bicyclic) bond motifs is 4. The highest BCUT2D eigenvalue weighted by molar-refractivity contribution is 5.91. The number of carboxylic acids is 1. The topological polar surface area (TPSA) is 54.4 Å². The molecule has 1 N–H and O–H groups in total. The van der Waals surface area contributed by atoms with Gasteiger partial charge in [0.2, 0.25) is 0 Å². The van der Waals surface area contributed by atoms with E-state index in [2.05, 4.69) is 19.9 Å². The van der Waals surface area contributed by atoms with Gasteiger partial charge in [0.1, 0.15) is 0 Å². The lowest BCUT2D eigenvalue weighted by Crippen LogP contribution is -2.50. The summed E-state index contributed by atoms with van der Waals surface area (Å²) in [6, 6.07) is 0. The van der Waals surface area contributed by atoms with E-state index in [0.29, 0.717) is 29.0 Å². The van der Waals surface area contributed by atoms with Gasteiger partial charge in [0.15, 0.2) is 5.78 Å². The van der Waals surface area contributed by atoms with E-state index in [1.807, 2.05) is 0 Å². The van der Waals surface area contributed by atoms with Crippen LogP contribution in [0.15, 0.2) is 11.6 Å². The average Bonchev–Trinajstić information content (AvgIpc) is 3.44. The van der Waals surface area contributed by atoms with Crippen molar-refractivity contribution in [2.24, 2.45) is 34.5 Å². The third-order valence-corrected chi connectivity index (χ3v) is 9.22. The Kier molecular flexibility index (Phi) is 5.48. The monoisotopic (exact) mass is 386 g/mol. The minimum atomic E-state index is -0.650. The maximum absolute atomic E-state index is 12.2. The predicted molar refractivity (Wildman–Crippen MR) is 111 cm³/mol. The third-order valence-electron chi connectivity index (χ3n) is 9.22. The van der Waals surface area contributed by atoms with Gasteiger partial charge in [-0.25, -0.2) is 0 Å².